The quantitative estimate of drug-likeness (QED) is 0.521. The Labute approximate surface area is 201 Å². The molecule has 1 aliphatic carbocycles. The summed E-state index contributed by atoms with van der Waals surface area (Å²) in [6, 6.07) is 0. The van der Waals surface area contributed by atoms with Crippen LogP contribution in [0.15, 0.2) is 0 Å². The molecular formula is C27H48N2O4. The number of hydrogen-bond acceptors (Lipinski definition) is 5. The predicted molar refractivity (Wildman–Crippen MR) is 131 cm³/mol. The number of esters is 1. The van der Waals surface area contributed by atoms with Crippen LogP contribution in [0.5, 0.6) is 0 Å². The smallest absolute Gasteiger partial charge is 0.307 e. The molecule has 2 heterocycles. The van der Waals surface area contributed by atoms with Gasteiger partial charge < -0.3 is 14.4 Å². The average Bonchev–Trinajstić information content (AvgIpc) is 2.94. The Morgan fingerprint density at radius 1 is 0.879 bits per heavy atom. The van der Waals surface area contributed by atoms with E-state index in [-0.39, 0.29) is 29.4 Å². The lowest BCUT2D eigenvalue weighted by Gasteiger charge is -2.56. The van der Waals surface area contributed by atoms with E-state index in [0.29, 0.717) is 19.4 Å². The van der Waals surface area contributed by atoms with E-state index in [2.05, 4.69) is 39.6 Å². The average molecular weight is 465 g/mol. The van der Waals surface area contributed by atoms with E-state index in [1.807, 2.05) is 4.90 Å². The number of carbonyl (C=O) groups excluding carboxylic acids is 2. The van der Waals surface area contributed by atoms with Gasteiger partial charge in [0.2, 0.25) is 0 Å². The molecule has 0 aromatic heterocycles. The number of methoxy groups -OCH3 is 1. The van der Waals surface area contributed by atoms with Crippen molar-refractivity contribution >= 4 is 11.9 Å². The highest BCUT2D eigenvalue weighted by atomic mass is 16.6. The molecule has 2 aliphatic heterocycles. The van der Waals surface area contributed by atoms with Crippen LogP contribution < -0.4 is 0 Å². The second-order valence-electron chi connectivity index (χ2n) is 12.0. The second-order valence-corrected chi connectivity index (χ2v) is 12.0. The van der Waals surface area contributed by atoms with E-state index < -0.39 is 11.3 Å². The molecule has 1 amide bonds. The SMILES string of the molecule is COC(=O)CCN1C(=O)C2(CC(C)(C)N(C)C(C)(C)C2)OC12CCCCCCCCCCC2. The van der Waals surface area contributed by atoms with Crippen molar-refractivity contribution in [3.05, 3.63) is 0 Å². The van der Waals surface area contributed by atoms with Crippen LogP contribution in [0, 0.1) is 0 Å². The van der Waals surface area contributed by atoms with Crippen molar-refractivity contribution in [1.82, 2.24) is 9.80 Å². The number of likely N-dealkylation sites (tertiary alicyclic amines) is 1. The molecule has 0 N–H and O–H groups in total. The van der Waals surface area contributed by atoms with Crippen molar-refractivity contribution in [3.8, 4) is 0 Å². The zero-order valence-electron chi connectivity index (χ0n) is 22.1. The molecule has 0 atom stereocenters. The van der Waals surface area contributed by atoms with Crippen LogP contribution in [-0.4, -0.2) is 64.8 Å². The lowest BCUT2D eigenvalue weighted by molar-refractivity contribution is -0.196. The van der Waals surface area contributed by atoms with Gasteiger partial charge in [0.15, 0.2) is 5.60 Å². The first kappa shape index (κ1) is 26.5. The van der Waals surface area contributed by atoms with Gasteiger partial charge in [0.05, 0.1) is 13.5 Å². The minimum absolute atomic E-state index is 0.0905. The molecule has 0 unspecified atom stereocenters. The van der Waals surface area contributed by atoms with Crippen LogP contribution in [-0.2, 0) is 19.1 Å². The highest BCUT2D eigenvalue weighted by Gasteiger charge is 2.65. The maximum Gasteiger partial charge on any atom is 0.307 e. The molecule has 6 heteroatoms. The van der Waals surface area contributed by atoms with E-state index in [4.69, 9.17) is 9.47 Å². The van der Waals surface area contributed by atoms with Gasteiger partial charge in [-0.3, -0.25) is 14.5 Å². The fourth-order valence-electron chi connectivity index (χ4n) is 6.78. The van der Waals surface area contributed by atoms with Crippen LogP contribution in [0.2, 0.25) is 0 Å². The van der Waals surface area contributed by atoms with Gasteiger partial charge >= 0.3 is 5.97 Å². The van der Waals surface area contributed by atoms with Gasteiger partial charge in [0.1, 0.15) is 5.72 Å². The number of piperidine rings is 1. The molecule has 0 aromatic carbocycles. The van der Waals surface area contributed by atoms with Crippen LogP contribution in [0.25, 0.3) is 0 Å². The van der Waals surface area contributed by atoms with Gasteiger partial charge in [-0.15, -0.1) is 0 Å². The molecule has 2 saturated heterocycles. The Balaban J connectivity index is 1.96. The van der Waals surface area contributed by atoms with Crippen molar-refractivity contribution in [3.63, 3.8) is 0 Å². The minimum atomic E-state index is -0.827. The normalized spacial score (nSPS) is 27.8. The molecule has 33 heavy (non-hydrogen) atoms. The van der Waals surface area contributed by atoms with E-state index in [1.54, 1.807) is 0 Å². The van der Waals surface area contributed by atoms with E-state index in [0.717, 1.165) is 25.7 Å². The Morgan fingerprint density at radius 3 is 1.79 bits per heavy atom. The third-order valence-corrected chi connectivity index (χ3v) is 8.67. The van der Waals surface area contributed by atoms with Crippen molar-refractivity contribution in [2.45, 2.75) is 140 Å². The summed E-state index contributed by atoms with van der Waals surface area (Å²) in [6.45, 7) is 9.26. The van der Waals surface area contributed by atoms with Crippen LogP contribution >= 0.6 is 0 Å². The highest BCUT2D eigenvalue weighted by molar-refractivity contribution is 5.89. The maximum absolute atomic E-state index is 14.2. The molecule has 3 rings (SSSR count). The summed E-state index contributed by atoms with van der Waals surface area (Å²) in [5.74, 6) is -0.177. The zero-order chi connectivity index (χ0) is 24.3. The van der Waals surface area contributed by atoms with Crippen LogP contribution in [0.1, 0.15) is 118 Å². The molecule has 0 radical (unpaired) electrons. The van der Waals surface area contributed by atoms with Crippen LogP contribution in [0.3, 0.4) is 0 Å². The maximum atomic E-state index is 14.2. The number of hydrogen-bond donors (Lipinski definition) is 0. The Kier molecular flexibility index (Phi) is 8.20. The summed E-state index contributed by atoms with van der Waals surface area (Å²) < 4.78 is 12.1. The molecular weight excluding hydrogens is 416 g/mol. The third kappa shape index (κ3) is 5.58. The van der Waals surface area contributed by atoms with Gasteiger partial charge in [0.25, 0.3) is 5.91 Å². The summed E-state index contributed by atoms with van der Waals surface area (Å²) in [4.78, 5) is 30.7. The number of rotatable bonds is 3. The van der Waals surface area contributed by atoms with Gasteiger partial charge in [0, 0.05) is 30.5 Å². The number of ether oxygens (including phenoxy) is 2. The Bertz CT molecular complexity index is 672. The highest BCUT2D eigenvalue weighted by Crippen LogP contribution is 2.53. The first-order chi connectivity index (χ1) is 15.5. The lowest BCUT2D eigenvalue weighted by Crippen LogP contribution is -2.66. The zero-order valence-corrected chi connectivity index (χ0v) is 22.1. The van der Waals surface area contributed by atoms with Gasteiger partial charge in [-0.05, 0) is 60.4 Å². The summed E-state index contributed by atoms with van der Waals surface area (Å²) >= 11 is 0. The largest absolute Gasteiger partial charge is 0.469 e. The predicted octanol–water partition coefficient (Wildman–Crippen LogP) is 5.43. The van der Waals surface area contributed by atoms with Gasteiger partial charge in [-0.25, -0.2) is 0 Å². The summed E-state index contributed by atoms with van der Waals surface area (Å²) in [7, 11) is 3.58. The molecule has 0 aromatic rings. The number of nitrogens with zero attached hydrogens (tertiary/aromatic N) is 2. The Morgan fingerprint density at radius 2 is 1.33 bits per heavy atom. The van der Waals surface area contributed by atoms with E-state index in [9.17, 15) is 9.59 Å². The van der Waals surface area contributed by atoms with Crippen molar-refractivity contribution in [2.24, 2.45) is 0 Å². The molecule has 0 bridgehead atoms. The molecule has 3 aliphatic rings. The third-order valence-electron chi connectivity index (χ3n) is 8.67. The summed E-state index contributed by atoms with van der Waals surface area (Å²) in [5.41, 5.74) is -1.76. The lowest BCUT2D eigenvalue weighted by atomic mass is 9.71. The Hall–Kier alpha value is -1.14. The first-order valence-electron chi connectivity index (χ1n) is 13.3. The van der Waals surface area contributed by atoms with Gasteiger partial charge in [-0.1, -0.05) is 44.9 Å². The molecule has 6 nitrogen and oxygen atoms in total. The fourth-order valence-corrected chi connectivity index (χ4v) is 6.78. The molecule has 2 spiro atoms. The topological polar surface area (TPSA) is 59.1 Å². The summed E-state index contributed by atoms with van der Waals surface area (Å²) in [6.07, 6.45) is 14.2. The fraction of sp³-hybridized carbons (Fsp3) is 0.926. The van der Waals surface area contributed by atoms with E-state index in [1.165, 1.54) is 52.1 Å². The summed E-state index contributed by atoms with van der Waals surface area (Å²) in [5, 5.41) is 0. The standard InChI is InChI=1S/C27H48N2O4/c1-24(2)20-26(21-25(3,4)28(24)5)23(31)29(19-16-22(30)32-6)27(33-26)17-14-12-10-8-7-9-11-13-15-18-27/h7-21H2,1-6H3. The van der Waals surface area contributed by atoms with Gasteiger partial charge in [-0.2, -0.15) is 0 Å². The first-order valence-corrected chi connectivity index (χ1v) is 13.3. The number of carbonyl (C=O) groups is 2. The molecule has 190 valence electrons. The molecule has 3 fully saturated rings. The van der Waals surface area contributed by atoms with Crippen molar-refractivity contribution < 1.29 is 19.1 Å². The minimum Gasteiger partial charge on any atom is -0.469 e. The number of amides is 1. The molecule has 1 saturated carbocycles. The van der Waals surface area contributed by atoms with Crippen LogP contribution in [0.4, 0.5) is 0 Å². The van der Waals surface area contributed by atoms with E-state index >= 15 is 0 Å². The van der Waals surface area contributed by atoms with Crippen molar-refractivity contribution in [2.75, 3.05) is 20.7 Å². The van der Waals surface area contributed by atoms with Crippen molar-refractivity contribution in [1.29, 1.82) is 0 Å². The monoisotopic (exact) mass is 464 g/mol. The second kappa shape index (κ2) is 10.2.